The van der Waals surface area contributed by atoms with Gasteiger partial charge in [0.15, 0.2) is 11.5 Å². The van der Waals surface area contributed by atoms with Crippen molar-refractivity contribution in [2.45, 2.75) is 43.4 Å². The van der Waals surface area contributed by atoms with E-state index in [1.54, 1.807) is 0 Å². The summed E-state index contributed by atoms with van der Waals surface area (Å²) in [4.78, 5) is 2.19. The molecule has 0 aromatic heterocycles. The summed E-state index contributed by atoms with van der Waals surface area (Å²) in [6, 6.07) is 10.2. The van der Waals surface area contributed by atoms with E-state index in [9.17, 15) is 0 Å². The molecule has 0 bridgehead atoms. The number of ether oxygens (including phenoxy) is 2. The van der Waals surface area contributed by atoms with Crippen molar-refractivity contribution in [3.8, 4) is 17.6 Å². The summed E-state index contributed by atoms with van der Waals surface area (Å²) in [7, 11) is 4.11. The minimum atomic E-state index is -0.515. The molecule has 0 N–H and O–H groups in total. The lowest BCUT2D eigenvalue weighted by Crippen LogP contribution is -2.53. The van der Waals surface area contributed by atoms with Crippen LogP contribution in [0.3, 0.4) is 0 Å². The first-order valence-corrected chi connectivity index (χ1v) is 7.11. The van der Waals surface area contributed by atoms with Gasteiger partial charge in [0.25, 0.3) is 5.79 Å². The van der Waals surface area contributed by atoms with Crippen LogP contribution in [0.2, 0.25) is 0 Å². The Balaban J connectivity index is 1.75. The van der Waals surface area contributed by atoms with Crippen LogP contribution in [0.5, 0.6) is 11.5 Å². The molecule has 0 radical (unpaired) electrons. The molecule has 1 spiro atoms. The standard InChI is InChI=1S/C16H20N2O2/c1-18(2)15(11-12-17)7-9-16(10-8-15)19-13-5-3-4-6-14(13)20-16/h3-6H,7-11H2,1-2H3. The van der Waals surface area contributed by atoms with Crippen molar-refractivity contribution in [2.75, 3.05) is 14.1 Å². The Kier molecular flexibility index (Phi) is 3.10. The van der Waals surface area contributed by atoms with Crippen LogP contribution < -0.4 is 9.47 Å². The third kappa shape index (κ3) is 2.03. The summed E-state index contributed by atoms with van der Waals surface area (Å²) >= 11 is 0. The number of para-hydroxylation sites is 2. The Hall–Kier alpha value is -1.73. The van der Waals surface area contributed by atoms with Gasteiger partial charge in [0.05, 0.1) is 12.5 Å². The predicted octanol–water partition coefficient (Wildman–Crippen LogP) is 2.94. The zero-order valence-electron chi connectivity index (χ0n) is 12.1. The van der Waals surface area contributed by atoms with Crippen molar-refractivity contribution >= 4 is 0 Å². The second kappa shape index (κ2) is 4.68. The zero-order chi connectivity index (χ0) is 14.2. The van der Waals surface area contributed by atoms with Gasteiger partial charge in [-0.15, -0.1) is 0 Å². The predicted molar refractivity (Wildman–Crippen MR) is 75.5 cm³/mol. The molecule has 0 amide bonds. The highest BCUT2D eigenvalue weighted by atomic mass is 16.7. The third-order valence-electron chi connectivity index (χ3n) is 4.74. The highest BCUT2D eigenvalue weighted by molar-refractivity contribution is 5.43. The smallest absolute Gasteiger partial charge is 0.251 e. The second-order valence-electron chi connectivity index (χ2n) is 6.02. The van der Waals surface area contributed by atoms with Crippen LogP contribution in [0.25, 0.3) is 0 Å². The molecular weight excluding hydrogens is 252 g/mol. The third-order valence-corrected chi connectivity index (χ3v) is 4.74. The van der Waals surface area contributed by atoms with Gasteiger partial charge in [-0.05, 0) is 39.1 Å². The van der Waals surface area contributed by atoms with E-state index in [0.29, 0.717) is 6.42 Å². The van der Waals surface area contributed by atoms with Crippen molar-refractivity contribution in [3.05, 3.63) is 24.3 Å². The van der Waals surface area contributed by atoms with E-state index in [0.717, 1.165) is 37.2 Å². The molecule has 1 aliphatic carbocycles. The average molecular weight is 272 g/mol. The fraction of sp³-hybridized carbons (Fsp3) is 0.562. The molecule has 2 aliphatic rings. The second-order valence-corrected chi connectivity index (χ2v) is 6.02. The Morgan fingerprint density at radius 3 is 2.10 bits per heavy atom. The fourth-order valence-electron chi connectivity index (χ4n) is 3.27. The molecule has 1 fully saturated rings. The van der Waals surface area contributed by atoms with E-state index in [-0.39, 0.29) is 5.54 Å². The molecule has 1 heterocycles. The maximum absolute atomic E-state index is 9.09. The number of nitrogens with zero attached hydrogens (tertiary/aromatic N) is 2. The van der Waals surface area contributed by atoms with Gasteiger partial charge >= 0.3 is 0 Å². The van der Waals surface area contributed by atoms with Gasteiger partial charge in [-0.1, -0.05) is 12.1 Å². The van der Waals surface area contributed by atoms with Gasteiger partial charge < -0.3 is 14.4 Å². The van der Waals surface area contributed by atoms with Crippen LogP contribution in [0.1, 0.15) is 32.1 Å². The summed E-state index contributed by atoms with van der Waals surface area (Å²) in [5.41, 5.74) is -0.0402. The number of rotatable bonds is 2. The number of benzene rings is 1. The van der Waals surface area contributed by atoms with Gasteiger partial charge in [-0.2, -0.15) is 5.26 Å². The molecule has 0 atom stereocenters. The van der Waals surface area contributed by atoms with Crippen molar-refractivity contribution in [1.82, 2.24) is 4.90 Å². The highest BCUT2D eigenvalue weighted by Crippen LogP contribution is 2.48. The largest absolute Gasteiger partial charge is 0.448 e. The van der Waals surface area contributed by atoms with Crippen molar-refractivity contribution < 1.29 is 9.47 Å². The summed E-state index contributed by atoms with van der Waals surface area (Å²) in [5.74, 6) is 1.16. The van der Waals surface area contributed by atoms with Crippen molar-refractivity contribution in [3.63, 3.8) is 0 Å². The lowest BCUT2D eigenvalue weighted by molar-refractivity contribution is -0.129. The Morgan fingerprint density at radius 1 is 1.10 bits per heavy atom. The van der Waals surface area contributed by atoms with E-state index >= 15 is 0 Å². The first-order valence-electron chi connectivity index (χ1n) is 7.11. The monoisotopic (exact) mass is 272 g/mol. The molecule has 4 nitrogen and oxygen atoms in total. The lowest BCUT2D eigenvalue weighted by atomic mass is 9.76. The van der Waals surface area contributed by atoms with Crippen LogP contribution in [0, 0.1) is 11.3 Å². The minimum absolute atomic E-state index is 0.0402. The zero-order valence-corrected chi connectivity index (χ0v) is 12.1. The molecule has 0 unspecified atom stereocenters. The summed E-state index contributed by atoms with van der Waals surface area (Å²) < 4.78 is 12.1. The maximum Gasteiger partial charge on any atom is 0.251 e. The highest BCUT2D eigenvalue weighted by Gasteiger charge is 2.49. The molecule has 3 rings (SSSR count). The van der Waals surface area contributed by atoms with Crippen molar-refractivity contribution in [2.24, 2.45) is 0 Å². The van der Waals surface area contributed by atoms with Crippen LogP contribution >= 0.6 is 0 Å². The van der Waals surface area contributed by atoms with E-state index in [4.69, 9.17) is 14.7 Å². The lowest BCUT2D eigenvalue weighted by Gasteiger charge is -2.46. The number of hydrogen-bond donors (Lipinski definition) is 0. The van der Waals surface area contributed by atoms with Gasteiger partial charge in [0.2, 0.25) is 0 Å². The molecule has 1 aromatic carbocycles. The van der Waals surface area contributed by atoms with Crippen LogP contribution in [-0.4, -0.2) is 30.3 Å². The van der Waals surface area contributed by atoms with E-state index < -0.39 is 5.79 Å². The summed E-state index contributed by atoms with van der Waals surface area (Å²) in [6.07, 6.45) is 4.04. The van der Waals surface area contributed by atoms with Crippen LogP contribution in [0.15, 0.2) is 24.3 Å². The molecule has 20 heavy (non-hydrogen) atoms. The molecule has 0 saturated heterocycles. The number of nitriles is 1. The average Bonchev–Trinajstić information content (AvgIpc) is 2.80. The summed E-state index contributed by atoms with van der Waals surface area (Å²) in [6.45, 7) is 0. The van der Waals surface area contributed by atoms with Gasteiger partial charge in [-0.25, -0.2) is 0 Å². The maximum atomic E-state index is 9.09. The number of hydrogen-bond acceptors (Lipinski definition) is 4. The first kappa shape index (κ1) is 13.3. The molecule has 4 heteroatoms. The van der Waals surface area contributed by atoms with Crippen LogP contribution in [0.4, 0.5) is 0 Å². The minimum Gasteiger partial charge on any atom is -0.448 e. The van der Waals surface area contributed by atoms with E-state index in [2.05, 4.69) is 25.1 Å². The molecule has 1 aromatic rings. The van der Waals surface area contributed by atoms with E-state index in [1.165, 1.54) is 0 Å². The van der Waals surface area contributed by atoms with Gasteiger partial charge in [0, 0.05) is 18.4 Å². The Bertz CT molecular complexity index is 513. The first-order chi connectivity index (χ1) is 9.59. The molecule has 1 saturated carbocycles. The van der Waals surface area contributed by atoms with Crippen LogP contribution in [-0.2, 0) is 0 Å². The topological polar surface area (TPSA) is 45.5 Å². The fourth-order valence-corrected chi connectivity index (χ4v) is 3.27. The Labute approximate surface area is 119 Å². The number of fused-ring (bicyclic) bond motifs is 1. The van der Waals surface area contributed by atoms with Crippen molar-refractivity contribution in [1.29, 1.82) is 5.26 Å². The van der Waals surface area contributed by atoms with E-state index in [1.807, 2.05) is 24.3 Å². The molecular formula is C16H20N2O2. The molecule has 1 aliphatic heterocycles. The SMILES string of the molecule is CN(C)C1(CC#N)CCC2(CC1)Oc1ccccc1O2. The summed E-state index contributed by atoms with van der Waals surface area (Å²) in [5, 5.41) is 9.09. The van der Waals surface area contributed by atoms with Gasteiger partial charge in [-0.3, -0.25) is 0 Å². The Morgan fingerprint density at radius 2 is 1.65 bits per heavy atom. The van der Waals surface area contributed by atoms with Gasteiger partial charge in [0.1, 0.15) is 0 Å². The normalized spacial score (nSPS) is 21.9. The molecule has 106 valence electrons. The quantitative estimate of drug-likeness (QED) is 0.830.